The van der Waals surface area contributed by atoms with Crippen molar-refractivity contribution in [3.63, 3.8) is 0 Å². The standard InChI is InChI=1S/C10H13N7O2S2/c1-6-7(4-12-16-6)5-13-21(18,19)9-8(15-11)14-10-17(9)2-3-20-10/h2-4,13,15H,5,11H2,1H3,(H,12,16). The monoisotopic (exact) mass is 327 g/mol. The van der Waals surface area contributed by atoms with Crippen molar-refractivity contribution in [2.75, 3.05) is 5.43 Å². The van der Waals surface area contributed by atoms with Crippen LogP contribution in [-0.2, 0) is 16.6 Å². The summed E-state index contributed by atoms with van der Waals surface area (Å²) in [5.74, 6) is 5.47. The first-order valence-corrected chi connectivity index (χ1v) is 8.30. The smallest absolute Gasteiger partial charge is 0.260 e. The van der Waals surface area contributed by atoms with Crippen LogP contribution in [-0.4, -0.2) is 28.0 Å². The Hall–Kier alpha value is -1.95. The van der Waals surface area contributed by atoms with Crippen LogP contribution in [0.2, 0.25) is 0 Å². The van der Waals surface area contributed by atoms with Gasteiger partial charge >= 0.3 is 0 Å². The third-order valence-corrected chi connectivity index (χ3v) is 5.18. The van der Waals surface area contributed by atoms with Crippen molar-refractivity contribution in [2.24, 2.45) is 5.84 Å². The molecule has 0 bridgehead atoms. The van der Waals surface area contributed by atoms with Crippen molar-refractivity contribution >= 4 is 32.1 Å². The first-order valence-electron chi connectivity index (χ1n) is 5.93. The number of fused-ring (bicyclic) bond motifs is 1. The molecule has 0 aliphatic rings. The zero-order chi connectivity index (χ0) is 15.0. The van der Waals surface area contributed by atoms with Crippen molar-refractivity contribution in [3.05, 3.63) is 29.0 Å². The van der Waals surface area contributed by atoms with E-state index in [4.69, 9.17) is 5.84 Å². The Morgan fingerprint density at radius 3 is 3.00 bits per heavy atom. The number of nitrogens with two attached hydrogens (primary N) is 1. The second-order valence-electron chi connectivity index (χ2n) is 4.31. The quantitative estimate of drug-likeness (QED) is 0.391. The Morgan fingerprint density at radius 2 is 2.33 bits per heavy atom. The van der Waals surface area contributed by atoms with E-state index in [1.54, 1.807) is 17.8 Å². The summed E-state index contributed by atoms with van der Waals surface area (Å²) in [4.78, 5) is 4.67. The van der Waals surface area contributed by atoms with Crippen LogP contribution in [0.5, 0.6) is 0 Å². The lowest BCUT2D eigenvalue weighted by Crippen LogP contribution is -2.26. The van der Waals surface area contributed by atoms with Crippen molar-refractivity contribution in [1.29, 1.82) is 0 Å². The van der Waals surface area contributed by atoms with Gasteiger partial charge in [-0.2, -0.15) is 10.1 Å². The molecular formula is C10H13N7O2S2. The average Bonchev–Trinajstić information content (AvgIpc) is 3.10. The van der Waals surface area contributed by atoms with Crippen LogP contribution >= 0.6 is 11.3 Å². The minimum absolute atomic E-state index is 0.0117. The number of aryl methyl sites for hydroxylation is 1. The van der Waals surface area contributed by atoms with E-state index in [0.717, 1.165) is 11.3 Å². The maximum atomic E-state index is 12.5. The van der Waals surface area contributed by atoms with Gasteiger partial charge in [0.25, 0.3) is 10.0 Å². The molecule has 3 rings (SSSR count). The second kappa shape index (κ2) is 5.11. The van der Waals surface area contributed by atoms with Gasteiger partial charge in [-0.15, -0.1) is 11.3 Å². The number of thiazole rings is 1. The lowest BCUT2D eigenvalue weighted by Gasteiger charge is -2.07. The van der Waals surface area contributed by atoms with E-state index < -0.39 is 10.0 Å². The third-order valence-electron chi connectivity index (χ3n) is 3.00. The Morgan fingerprint density at radius 1 is 1.52 bits per heavy atom. The summed E-state index contributed by atoms with van der Waals surface area (Å²) >= 11 is 1.32. The maximum absolute atomic E-state index is 12.5. The van der Waals surface area contributed by atoms with E-state index in [-0.39, 0.29) is 17.4 Å². The van der Waals surface area contributed by atoms with E-state index in [1.165, 1.54) is 15.7 Å². The minimum Gasteiger partial charge on any atom is -0.306 e. The highest BCUT2D eigenvalue weighted by molar-refractivity contribution is 7.89. The number of nitrogens with one attached hydrogen (secondary N) is 3. The lowest BCUT2D eigenvalue weighted by atomic mass is 10.3. The van der Waals surface area contributed by atoms with Gasteiger partial charge in [0.05, 0.1) is 6.20 Å². The zero-order valence-corrected chi connectivity index (χ0v) is 12.6. The van der Waals surface area contributed by atoms with E-state index in [0.29, 0.717) is 4.96 Å². The maximum Gasteiger partial charge on any atom is 0.260 e. The molecule has 0 spiro atoms. The molecule has 0 unspecified atom stereocenters. The number of aromatic nitrogens is 4. The number of H-pyrrole nitrogens is 1. The summed E-state index contributed by atoms with van der Waals surface area (Å²) < 4.78 is 29.0. The van der Waals surface area contributed by atoms with E-state index in [9.17, 15) is 8.42 Å². The van der Waals surface area contributed by atoms with Gasteiger partial charge in [0.2, 0.25) is 5.03 Å². The molecule has 0 radical (unpaired) electrons. The van der Waals surface area contributed by atoms with Crippen molar-refractivity contribution in [2.45, 2.75) is 18.5 Å². The molecule has 0 saturated carbocycles. The highest BCUT2D eigenvalue weighted by Crippen LogP contribution is 2.25. The van der Waals surface area contributed by atoms with Crippen LogP contribution in [0, 0.1) is 6.92 Å². The van der Waals surface area contributed by atoms with Gasteiger partial charge in [0, 0.05) is 29.4 Å². The number of nitrogen functional groups attached to an aromatic ring is 1. The average molecular weight is 327 g/mol. The fourth-order valence-electron chi connectivity index (χ4n) is 1.91. The predicted octanol–water partition coefficient (Wildman–Crippen LogP) is 0.191. The van der Waals surface area contributed by atoms with E-state index in [2.05, 4.69) is 25.3 Å². The van der Waals surface area contributed by atoms with Gasteiger partial charge in [0.15, 0.2) is 10.8 Å². The predicted molar refractivity (Wildman–Crippen MR) is 78.2 cm³/mol. The van der Waals surface area contributed by atoms with Crippen LogP contribution < -0.4 is 16.0 Å². The van der Waals surface area contributed by atoms with Gasteiger partial charge in [-0.1, -0.05) is 0 Å². The molecule has 5 N–H and O–H groups in total. The van der Waals surface area contributed by atoms with Gasteiger partial charge < -0.3 is 5.43 Å². The summed E-state index contributed by atoms with van der Waals surface area (Å²) in [5.41, 5.74) is 3.90. The molecular weight excluding hydrogens is 314 g/mol. The summed E-state index contributed by atoms with van der Waals surface area (Å²) in [6, 6.07) is 0. The molecule has 0 aliphatic heterocycles. The molecule has 0 aliphatic carbocycles. The van der Waals surface area contributed by atoms with Gasteiger partial charge in [-0.3, -0.25) is 9.50 Å². The number of rotatable bonds is 5. The van der Waals surface area contributed by atoms with Crippen LogP contribution in [0.15, 0.2) is 22.8 Å². The van der Waals surface area contributed by atoms with Crippen molar-refractivity contribution < 1.29 is 8.42 Å². The molecule has 21 heavy (non-hydrogen) atoms. The summed E-state index contributed by atoms with van der Waals surface area (Å²) in [6.45, 7) is 1.95. The molecule has 112 valence electrons. The molecule has 0 fully saturated rings. The molecule has 3 aromatic rings. The molecule has 3 aromatic heterocycles. The molecule has 11 heteroatoms. The molecule has 0 saturated heterocycles. The normalized spacial score (nSPS) is 12.1. The zero-order valence-electron chi connectivity index (χ0n) is 11.0. The first-order chi connectivity index (χ1) is 10.0. The number of anilines is 1. The SMILES string of the molecule is Cc1[nH]ncc1CNS(=O)(=O)c1c(NN)nc2sccn12. The highest BCUT2D eigenvalue weighted by Gasteiger charge is 2.25. The molecule has 3 heterocycles. The fraction of sp³-hybridized carbons (Fsp3) is 0.200. The largest absolute Gasteiger partial charge is 0.306 e. The van der Waals surface area contributed by atoms with Crippen LogP contribution in [0.4, 0.5) is 5.82 Å². The van der Waals surface area contributed by atoms with Crippen LogP contribution in [0.3, 0.4) is 0 Å². The van der Waals surface area contributed by atoms with Crippen LogP contribution in [0.25, 0.3) is 4.96 Å². The lowest BCUT2D eigenvalue weighted by molar-refractivity contribution is 0.576. The Bertz CT molecular complexity index is 876. The molecule has 0 aromatic carbocycles. The highest BCUT2D eigenvalue weighted by atomic mass is 32.2. The number of nitrogens with zero attached hydrogens (tertiary/aromatic N) is 3. The number of sulfonamides is 1. The van der Waals surface area contributed by atoms with Crippen molar-refractivity contribution in [1.82, 2.24) is 24.3 Å². The minimum atomic E-state index is -3.78. The number of aromatic amines is 1. The Labute approximate surface area is 124 Å². The number of hydrogen-bond acceptors (Lipinski definition) is 7. The Balaban J connectivity index is 1.96. The van der Waals surface area contributed by atoms with Gasteiger partial charge in [0.1, 0.15) is 0 Å². The summed E-state index contributed by atoms with van der Waals surface area (Å²) in [6.07, 6.45) is 3.21. The fourth-order valence-corrected chi connectivity index (χ4v) is 3.93. The summed E-state index contributed by atoms with van der Waals surface area (Å²) in [7, 11) is -3.78. The van der Waals surface area contributed by atoms with E-state index >= 15 is 0 Å². The number of hydrazine groups is 1. The molecule has 9 nitrogen and oxygen atoms in total. The second-order valence-corrected chi connectivity index (χ2v) is 6.87. The molecule has 0 amide bonds. The van der Waals surface area contributed by atoms with E-state index in [1.807, 2.05) is 6.92 Å². The van der Waals surface area contributed by atoms with Crippen molar-refractivity contribution in [3.8, 4) is 0 Å². The number of imidazole rings is 1. The van der Waals surface area contributed by atoms with Gasteiger partial charge in [-0.25, -0.2) is 19.0 Å². The number of hydrogen-bond donors (Lipinski definition) is 4. The van der Waals surface area contributed by atoms with Gasteiger partial charge in [-0.05, 0) is 6.92 Å². The Kier molecular flexibility index (Phi) is 3.41. The third kappa shape index (κ3) is 2.40. The topological polar surface area (TPSA) is 130 Å². The first kappa shape index (κ1) is 14.0. The summed E-state index contributed by atoms with van der Waals surface area (Å²) in [5, 5.41) is 8.35. The van der Waals surface area contributed by atoms with Crippen LogP contribution in [0.1, 0.15) is 11.3 Å². The molecule has 0 atom stereocenters.